The van der Waals surface area contributed by atoms with E-state index in [1.807, 2.05) is 13.0 Å². The Bertz CT molecular complexity index is 1240. The van der Waals surface area contributed by atoms with Crippen molar-refractivity contribution in [2.75, 3.05) is 18.4 Å². The highest BCUT2D eigenvalue weighted by Crippen LogP contribution is 2.28. The molecule has 1 fully saturated rings. The smallest absolute Gasteiger partial charge is 0.247 e. The van der Waals surface area contributed by atoms with Gasteiger partial charge in [0.15, 0.2) is 0 Å². The number of nitrogens with zero attached hydrogens (tertiary/aromatic N) is 3. The number of piperidine rings is 1. The van der Waals surface area contributed by atoms with Gasteiger partial charge in [0, 0.05) is 30.3 Å². The third-order valence-electron chi connectivity index (χ3n) is 5.44. The molecule has 0 atom stereocenters. The number of nitrogens with one attached hydrogen (secondary N) is 1. The van der Waals surface area contributed by atoms with Crippen molar-refractivity contribution < 1.29 is 26.4 Å². The molecule has 0 bridgehead atoms. The summed E-state index contributed by atoms with van der Waals surface area (Å²) in [6.07, 6.45) is 1.72. The van der Waals surface area contributed by atoms with Crippen LogP contribution in [-0.2, 0) is 14.8 Å². The van der Waals surface area contributed by atoms with Crippen LogP contribution in [-0.4, -0.2) is 41.9 Å². The molecular formula is C21H20F2N4O4S. The molecule has 0 spiro atoms. The molecule has 11 heteroatoms. The maximum Gasteiger partial charge on any atom is 0.247 e. The predicted molar refractivity (Wildman–Crippen MR) is 111 cm³/mol. The van der Waals surface area contributed by atoms with Gasteiger partial charge in [0.2, 0.25) is 28.2 Å². The Hall–Kier alpha value is -3.18. The second-order valence-corrected chi connectivity index (χ2v) is 9.42. The van der Waals surface area contributed by atoms with Gasteiger partial charge in [-0.25, -0.2) is 17.2 Å². The number of aryl methyl sites for hydroxylation is 1. The van der Waals surface area contributed by atoms with Gasteiger partial charge >= 0.3 is 0 Å². The van der Waals surface area contributed by atoms with E-state index < -0.39 is 32.5 Å². The van der Waals surface area contributed by atoms with E-state index >= 15 is 0 Å². The topological polar surface area (TPSA) is 105 Å². The van der Waals surface area contributed by atoms with Gasteiger partial charge in [-0.1, -0.05) is 6.07 Å². The van der Waals surface area contributed by atoms with Crippen LogP contribution in [0.25, 0.3) is 11.5 Å². The highest BCUT2D eigenvalue weighted by molar-refractivity contribution is 7.89. The third kappa shape index (κ3) is 4.39. The van der Waals surface area contributed by atoms with Crippen molar-refractivity contribution in [3.8, 4) is 11.5 Å². The maximum atomic E-state index is 14.0. The molecule has 1 N–H and O–H groups in total. The summed E-state index contributed by atoms with van der Waals surface area (Å²) in [6, 6.07) is 7.66. The van der Waals surface area contributed by atoms with Crippen LogP contribution in [0.1, 0.15) is 18.4 Å². The fraction of sp³-hybridized carbons (Fsp3) is 0.286. The van der Waals surface area contributed by atoms with Crippen LogP contribution in [0, 0.1) is 24.5 Å². The van der Waals surface area contributed by atoms with E-state index in [0.29, 0.717) is 23.2 Å². The zero-order valence-corrected chi connectivity index (χ0v) is 17.9. The molecule has 2 aromatic carbocycles. The molecule has 1 aromatic heterocycles. The summed E-state index contributed by atoms with van der Waals surface area (Å²) in [5.41, 5.74) is 2.08. The Kier molecular flexibility index (Phi) is 6.02. The standard InChI is InChI=1S/C21H20F2N4O4S/c1-13-2-3-15(21-26-24-12-31-21)10-18(13)25-20(28)14-6-8-27(9-7-14)32(29,30)19-11-16(22)4-5-17(19)23/h2-5,10-12,14H,6-9H2,1H3,(H,25,28). The third-order valence-corrected chi connectivity index (χ3v) is 7.35. The van der Waals surface area contributed by atoms with Crippen LogP contribution in [0.15, 0.2) is 52.1 Å². The van der Waals surface area contributed by atoms with Crippen molar-refractivity contribution in [3.63, 3.8) is 0 Å². The zero-order chi connectivity index (χ0) is 22.9. The lowest BCUT2D eigenvalue weighted by atomic mass is 9.97. The van der Waals surface area contributed by atoms with Crippen LogP contribution < -0.4 is 5.32 Å². The first-order valence-electron chi connectivity index (χ1n) is 9.89. The van der Waals surface area contributed by atoms with Crippen LogP contribution in [0.5, 0.6) is 0 Å². The summed E-state index contributed by atoms with van der Waals surface area (Å²) in [7, 11) is -4.20. The van der Waals surface area contributed by atoms with Crippen molar-refractivity contribution in [2.45, 2.75) is 24.7 Å². The molecule has 0 aliphatic carbocycles. The Morgan fingerprint density at radius 1 is 1.16 bits per heavy atom. The number of halogens is 2. The molecule has 4 rings (SSSR count). The fourth-order valence-electron chi connectivity index (χ4n) is 3.60. The molecule has 0 unspecified atom stereocenters. The van der Waals surface area contributed by atoms with Crippen LogP contribution in [0.3, 0.4) is 0 Å². The number of benzene rings is 2. The Morgan fingerprint density at radius 3 is 2.59 bits per heavy atom. The van der Waals surface area contributed by atoms with Gasteiger partial charge < -0.3 is 9.73 Å². The number of hydrogen-bond donors (Lipinski definition) is 1. The van der Waals surface area contributed by atoms with Crippen LogP contribution in [0.4, 0.5) is 14.5 Å². The van der Waals surface area contributed by atoms with Gasteiger partial charge in [-0.15, -0.1) is 10.2 Å². The molecular weight excluding hydrogens is 442 g/mol. The minimum atomic E-state index is -4.20. The first-order valence-corrected chi connectivity index (χ1v) is 11.3. The number of rotatable bonds is 5. The van der Waals surface area contributed by atoms with Gasteiger partial charge in [0.05, 0.1) is 0 Å². The van der Waals surface area contributed by atoms with Crippen molar-refractivity contribution in [3.05, 3.63) is 60.0 Å². The van der Waals surface area contributed by atoms with Crippen LogP contribution in [0.2, 0.25) is 0 Å². The average molecular weight is 462 g/mol. The minimum absolute atomic E-state index is 0.0252. The van der Waals surface area contributed by atoms with Crippen molar-refractivity contribution in [1.29, 1.82) is 0 Å². The van der Waals surface area contributed by atoms with E-state index in [1.165, 1.54) is 6.39 Å². The molecule has 8 nitrogen and oxygen atoms in total. The maximum absolute atomic E-state index is 14.0. The Labute approximate surface area is 183 Å². The number of carbonyl (C=O) groups is 1. The number of carbonyl (C=O) groups excluding carboxylic acids is 1. The first kappa shape index (κ1) is 22.0. The monoisotopic (exact) mass is 462 g/mol. The second kappa shape index (κ2) is 8.75. The average Bonchev–Trinajstić information content (AvgIpc) is 3.32. The molecule has 3 aromatic rings. The summed E-state index contributed by atoms with van der Waals surface area (Å²) in [5.74, 6) is -2.20. The highest BCUT2D eigenvalue weighted by Gasteiger charge is 2.34. The normalized spacial score (nSPS) is 15.6. The molecule has 1 amide bonds. The highest BCUT2D eigenvalue weighted by atomic mass is 32.2. The number of amides is 1. The van der Waals surface area contributed by atoms with E-state index in [-0.39, 0.29) is 31.8 Å². The summed E-state index contributed by atoms with van der Waals surface area (Å²) in [5, 5.41) is 10.4. The Morgan fingerprint density at radius 2 is 1.91 bits per heavy atom. The van der Waals surface area contributed by atoms with E-state index in [4.69, 9.17) is 4.42 Å². The van der Waals surface area contributed by atoms with Gasteiger partial charge in [-0.05, 0) is 55.7 Å². The molecule has 1 aliphatic rings. The molecule has 0 saturated carbocycles. The summed E-state index contributed by atoms with van der Waals surface area (Å²) >= 11 is 0. The van der Waals surface area contributed by atoms with E-state index in [1.54, 1.807) is 12.1 Å². The van der Waals surface area contributed by atoms with E-state index in [9.17, 15) is 22.0 Å². The first-order chi connectivity index (χ1) is 15.3. The molecule has 1 aliphatic heterocycles. The lowest BCUT2D eigenvalue weighted by Gasteiger charge is -2.30. The molecule has 2 heterocycles. The summed E-state index contributed by atoms with van der Waals surface area (Å²) in [4.78, 5) is 12.1. The predicted octanol–water partition coefficient (Wildman–Crippen LogP) is 3.36. The van der Waals surface area contributed by atoms with Crippen molar-refractivity contribution in [1.82, 2.24) is 14.5 Å². The lowest BCUT2D eigenvalue weighted by Crippen LogP contribution is -2.41. The van der Waals surface area contributed by atoms with Gasteiger partial charge in [-0.2, -0.15) is 4.31 Å². The van der Waals surface area contributed by atoms with E-state index in [0.717, 1.165) is 22.0 Å². The van der Waals surface area contributed by atoms with E-state index in [2.05, 4.69) is 15.5 Å². The minimum Gasteiger partial charge on any atom is -0.423 e. The number of aromatic nitrogens is 2. The lowest BCUT2D eigenvalue weighted by molar-refractivity contribution is -0.120. The SMILES string of the molecule is Cc1ccc(-c2nnco2)cc1NC(=O)C1CCN(S(=O)(=O)c2cc(F)ccc2F)CC1. The quantitative estimate of drug-likeness (QED) is 0.623. The summed E-state index contributed by atoms with van der Waals surface area (Å²) < 4.78 is 59.1. The molecule has 1 saturated heterocycles. The number of hydrogen-bond acceptors (Lipinski definition) is 6. The van der Waals surface area contributed by atoms with Crippen molar-refractivity contribution in [2.24, 2.45) is 5.92 Å². The number of anilines is 1. The zero-order valence-electron chi connectivity index (χ0n) is 17.1. The molecule has 0 radical (unpaired) electrons. The van der Waals surface area contributed by atoms with Gasteiger partial charge in [0.1, 0.15) is 16.5 Å². The van der Waals surface area contributed by atoms with Crippen LogP contribution >= 0.6 is 0 Å². The van der Waals surface area contributed by atoms with Crippen molar-refractivity contribution >= 4 is 21.6 Å². The summed E-state index contributed by atoms with van der Waals surface area (Å²) in [6.45, 7) is 1.89. The molecule has 32 heavy (non-hydrogen) atoms. The number of sulfonamides is 1. The Balaban J connectivity index is 1.43. The largest absolute Gasteiger partial charge is 0.423 e. The molecule has 168 valence electrons. The van der Waals surface area contributed by atoms with Gasteiger partial charge in [0.25, 0.3) is 0 Å². The fourth-order valence-corrected chi connectivity index (χ4v) is 5.14. The second-order valence-electron chi connectivity index (χ2n) is 7.52. The van der Waals surface area contributed by atoms with Gasteiger partial charge in [-0.3, -0.25) is 4.79 Å².